The molecule has 0 saturated heterocycles. The van der Waals surface area contributed by atoms with Gasteiger partial charge in [0.05, 0.1) is 11.1 Å². The molecule has 0 aliphatic heterocycles. The zero-order valence-corrected chi connectivity index (χ0v) is 12.0. The molecule has 1 aromatic heterocycles. The van der Waals surface area contributed by atoms with Gasteiger partial charge in [0.15, 0.2) is 0 Å². The SMILES string of the molecule is CCCC(CCC)c1nc2c(C#N)cccc2n1C. The largest absolute Gasteiger partial charge is 0.331 e. The van der Waals surface area contributed by atoms with Crippen LogP contribution >= 0.6 is 0 Å². The molecule has 0 aliphatic carbocycles. The molecule has 0 fully saturated rings. The highest BCUT2D eigenvalue weighted by molar-refractivity contribution is 5.82. The van der Waals surface area contributed by atoms with Crippen LogP contribution in [0.4, 0.5) is 0 Å². The van der Waals surface area contributed by atoms with Crippen LogP contribution in [-0.2, 0) is 7.05 Å². The van der Waals surface area contributed by atoms with E-state index < -0.39 is 0 Å². The molecule has 0 unspecified atom stereocenters. The quantitative estimate of drug-likeness (QED) is 0.806. The number of benzene rings is 1. The van der Waals surface area contributed by atoms with Crippen molar-refractivity contribution >= 4 is 11.0 Å². The Hall–Kier alpha value is -1.82. The number of rotatable bonds is 5. The molecule has 0 aliphatic rings. The van der Waals surface area contributed by atoms with Crippen molar-refractivity contribution in [1.82, 2.24) is 9.55 Å². The minimum atomic E-state index is 0.499. The minimum Gasteiger partial charge on any atom is -0.331 e. The molecule has 1 aromatic carbocycles. The fourth-order valence-corrected chi connectivity index (χ4v) is 2.79. The Morgan fingerprint density at radius 3 is 2.53 bits per heavy atom. The predicted octanol–water partition coefficient (Wildman–Crippen LogP) is 4.13. The van der Waals surface area contributed by atoms with Crippen molar-refractivity contribution in [3.8, 4) is 6.07 Å². The summed E-state index contributed by atoms with van der Waals surface area (Å²) >= 11 is 0. The number of nitrogens with zero attached hydrogens (tertiary/aromatic N) is 3. The van der Waals surface area contributed by atoms with Gasteiger partial charge < -0.3 is 4.57 Å². The van der Waals surface area contributed by atoms with Crippen LogP contribution in [0.3, 0.4) is 0 Å². The summed E-state index contributed by atoms with van der Waals surface area (Å²) in [6, 6.07) is 8.05. The van der Waals surface area contributed by atoms with E-state index in [1.54, 1.807) is 0 Å². The van der Waals surface area contributed by atoms with E-state index in [1.165, 1.54) is 12.8 Å². The lowest BCUT2D eigenvalue weighted by molar-refractivity contribution is 0.521. The van der Waals surface area contributed by atoms with E-state index >= 15 is 0 Å². The first-order valence-corrected chi connectivity index (χ1v) is 7.08. The summed E-state index contributed by atoms with van der Waals surface area (Å²) in [5.41, 5.74) is 2.58. The molecule has 19 heavy (non-hydrogen) atoms. The lowest BCUT2D eigenvalue weighted by Crippen LogP contribution is -2.06. The average molecular weight is 255 g/mol. The maximum atomic E-state index is 9.18. The number of hydrogen-bond acceptors (Lipinski definition) is 2. The summed E-state index contributed by atoms with van der Waals surface area (Å²) in [6.45, 7) is 4.43. The minimum absolute atomic E-state index is 0.499. The van der Waals surface area contributed by atoms with Crippen molar-refractivity contribution < 1.29 is 0 Å². The molecule has 1 heterocycles. The predicted molar refractivity (Wildman–Crippen MR) is 78.0 cm³/mol. The molecule has 3 heteroatoms. The second kappa shape index (κ2) is 5.88. The van der Waals surface area contributed by atoms with Crippen LogP contribution in [0.5, 0.6) is 0 Å². The highest BCUT2D eigenvalue weighted by Gasteiger charge is 2.18. The summed E-state index contributed by atoms with van der Waals surface area (Å²) in [5, 5.41) is 9.18. The van der Waals surface area contributed by atoms with E-state index in [-0.39, 0.29) is 0 Å². The van der Waals surface area contributed by atoms with Gasteiger partial charge in [-0.2, -0.15) is 5.26 Å². The molecule has 100 valence electrons. The number of nitriles is 1. The van der Waals surface area contributed by atoms with Gasteiger partial charge in [0.25, 0.3) is 0 Å². The zero-order chi connectivity index (χ0) is 13.8. The first-order valence-electron chi connectivity index (χ1n) is 7.08. The van der Waals surface area contributed by atoms with Crippen LogP contribution in [0.1, 0.15) is 56.8 Å². The molecule has 3 nitrogen and oxygen atoms in total. The van der Waals surface area contributed by atoms with E-state index in [2.05, 4.69) is 31.5 Å². The Morgan fingerprint density at radius 1 is 1.26 bits per heavy atom. The van der Waals surface area contributed by atoms with Crippen molar-refractivity contribution in [3.05, 3.63) is 29.6 Å². The Kier molecular flexibility index (Phi) is 4.21. The molecule has 0 radical (unpaired) electrons. The zero-order valence-electron chi connectivity index (χ0n) is 12.0. The third-order valence-corrected chi connectivity index (χ3v) is 3.71. The lowest BCUT2D eigenvalue weighted by Gasteiger charge is -2.14. The van der Waals surface area contributed by atoms with Gasteiger partial charge in [-0.25, -0.2) is 4.98 Å². The van der Waals surface area contributed by atoms with Crippen molar-refractivity contribution in [3.63, 3.8) is 0 Å². The van der Waals surface area contributed by atoms with E-state index in [4.69, 9.17) is 4.98 Å². The Labute approximate surface area is 114 Å². The second-order valence-electron chi connectivity index (χ2n) is 5.09. The van der Waals surface area contributed by atoms with Gasteiger partial charge in [-0.05, 0) is 25.0 Å². The number of imidazole rings is 1. The molecule has 0 spiro atoms. The summed E-state index contributed by atoms with van der Waals surface area (Å²) < 4.78 is 2.16. The summed E-state index contributed by atoms with van der Waals surface area (Å²) in [5.74, 6) is 1.63. The summed E-state index contributed by atoms with van der Waals surface area (Å²) in [7, 11) is 2.06. The Balaban J connectivity index is 2.55. The van der Waals surface area contributed by atoms with Crippen molar-refractivity contribution in [2.24, 2.45) is 7.05 Å². The fraction of sp³-hybridized carbons (Fsp3) is 0.500. The van der Waals surface area contributed by atoms with Crippen LogP contribution in [0.25, 0.3) is 11.0 Å². The van der Waals surface area contributed by atoms with Crippen molar-refractivity contribution in [2.45, 2.75) is 45.4 Å². The Bertz CT molecular complexity index is 598. The number of hydrogen-bond donors (Lipinski definition) is 0. The van der Waals surface area contributed by atoms with E-state index in [1.807, 2.05) is 18.2 Å². The monoisotopic (exact) mass is 255 g/mol. The Morgan fingerprint density at radius 2 is 1.95 bits per heavy atom. The molecular weight excluding hydrogens is 234 g/mol. The molecule has 0 N–H and O–H groups in total. The number of para-hydroxylation sites is 1. The molecule has 2 rings (SSSR count). The normalized spacial score (nSPS) is 11.1. The van der Waals surface area contributed by atoms with Gasteiger partial charge in [0.1, 0.15) is 17.4 Å². The van der Waals surface area contributed by atoms with E-state index in [9.17, 15) is 5.26 Å². The van der Waals surface area contributed by atoms with Gasteiger partial charge in [0, 0.05) is 13.0 Å². The van der Waals surface area contributed by atoms with Crippen molar-refractivity contribution in [1.29, 1.82) is 5.26 Å². The van der Waals surface area contributed by atoms with E-state index in [0.717, 1.165) is 29.7 Å². The fourth-order valence-electron chi connectivity index (χ4n) is 2.79. The molecule has 0 bridgehead atoms. The molecule has 0 amide bonds. The van der Waals surface area contributed by atoms with Gasteiger partial charge >= 0.3 is 0 Å². The van der Waals surface area contributed by atoms with Gasteiger partial charge in [0.2, 0.25) is 0 Å². The molecule has 0 atom stereocenters. The maximum absolute atomic E-state index is 9.18. The van der Waals surface area contributed by atoms with Crippen LogP contribution in [0.2, 0.25) is 0 Å². The van der Waals surface area contributed by atoms with Crippen LogP contribution in [0.15, 0.2) is 18.2 Å². The highest BCUT2D eigenvalue weighted by Crippen LogP contribution is 2.29. The van der Waals surface area contributed by atoms with E-state index in [0.29, 0.717) is 11.5 Å². The van der Waals surface area contributed by atoms with Gasteiger partial charge in [-0.15, -0.1) is 0 Å². The van der Waals surface area contributed by atoms with Gasteiger partial charge in [-0.3, -0.25) is 0 Å². The summed E-state index contributed by atoms with van der Waals surface area (Å²) in [4.78, 5) is 4.76. The lowest BCUT2D eigenvalue weighted by atomic mass is 9.97. The standard InChI is InChI=1S/C16H21N3/c1-4-7-12(8-5-2)16-18-15-13(11-17)9-6-10-14(15)19(16)3/h6,9-10,12H,4-5,7-8H2,1-3H3. The van der Waals surface area contributed by atoms with Crippen molar-refractivity contribution in [2.75, 3.05) is 0 Å². The topological polar surface area (TPSA) is 41.6 Å². The molecule has 2 aromatic rings. The number of aryl methyl sites for hydroxylation is 1. The highest BCUT2D eigenvalue weighted by atomic mass is 15.1. The first kappa shape index (κ1) is 13.6. The number of fused-ring (bicyclic) bond motifs is 1. The van der Waals surface area contributed by atoms with Crippen LogP contribution in [0, 0.1) is 11.3 Å². The smallest absolute Gasteiger partial charge is 0.112 e. The molecular formula is C16H21N3. The average Bonchev–Trinajstić information content (AvgIpc) is 2.76. The first-order chi connectivity index (χ1) is 9.22. The number of aromatic nitrogens is 2. The van der Waals surface area contributed by atoms with Gasteiger partial charge in [-0.1, -0.05) is 32.8 Å². The third kappa shape index (κ3) is 2.49. The van der Waals surface area contributed by atoms with Crippen LogP contribution < -0.4 is 0 Å². The van der Waals surface area contributed by atoms with Crippen LogP contribution in [-0.4, -0.2) is 9.55 Å². The molecule has 0 saturated carbocycles. The maximum Gasteiger partial charge on any atom is 0.112 e. The second-order valence-corrected chi connectivity index (χ2v) is 5.09. The third-order valence-electron chi connectivity index (χ3n) is 3.71. The summed E-state index contributed by atoms with van der Waals surface area (Å²) in [6.07, 6.45) is 4.65.